The van der Waals surface area contributed by atoms with Crippen LogP contribution in [-0.4, -0.2) is 24.3 Å². The standard InChI is InChI=1S/C23H20ClN3O3/c24-20-12-6-16(7-13-20)14-21(28)26-27-22(29)15-25-23(30)19-10-8-18(9-11-19)17-4-2-1-3-5-17/h1-13H,14-15H2,(H,25,30)(H,26,28)(H,27,29). The van der Waals surface area contributed by atoms with Crippen molar-refractivity contribution in [3.05, 3.63) is 95.0 Å². The number of hydrazine groups is 1. The highest BCUT2D eigenvalue weighted by Gasteiger charge is 2.10. The molecule has 7 heteroatoms. The Bertz CT molecular complexity index is 1020. The van der Waals surface area contributed by atoms with Crippen molar-refractivity contribution in [3.8, 4) is 11.1 Å². The highest BCUT2D eigenvalue weighted by molar-refractivity contribution is 6.30. The fraction of sp³-hybridized carbons (Fsp3) is 0.0870. The highest BCUT2D eigenvalue weighted by Crippen LogP contribution is 2.19. The Morgan fingerprint density at radius 3 is 1.97 bits per heavy atom. The van der Waals surface area contributed by atoms with Crippen LogP contribution < -0.4 is 16.2 Å². The first kappa shape index (κ1) is 21.1. The summed E-state index contributed by atoms with van der Waals surface area (Å²) in [5.41, 5.74) is 7.83. The Balaban J connectivity index is 1.42. The molecule has 30 heavy (non-hydrogen) atoms. The molecular weight excluding hydrogens is 402 g/mol. The molecule has 3 amide bonds. The zero-order valence-corrected chi connectivity index (χ0v) is 16.8. The van der Waals surface area contributed by atoms with Gasteiger partial charge in [0.05, 0.1) is 13.0 Å². The van der Waals surface area contributed by atoms with E-state index in [9.17, 15) is 14.4 Å². The summed E-state index contributed by atoms with van der Waals surface area (Å²) in [4.78, 5) is 35.9. The Hall–Kier alpha value is -3.64. The molecule has 3 rings (SSSR count). The number of carbonyl (C=O) groups is 3. The molecule has 152 valence electrons. The van der Waals surface area contributed by atoms with Gasteiger partial charge in [-0.15, -0.1) is 0 Å². The van der Waals surface area contributed by atoms with Crippen LogP contribution in [0.15, 0.2) is 78.9 Å². The van der Waals surface area contributed by atoms with Crippen LogP contribution in [-0.2, 0) is 16.0 Å². The van der Waals surface area contributed by atoms with Gasteiger partial charge >= 0.3 is 0 Å². The lowest BCUT2D eigenvalue weighted by Gasteiger charge is -2.09. The third-order valence-electron chi connectivity index (χ3n) is 4.28. The van der Waals surface area contributed by atoms with Crippen molar-refractivity contribution in [1.82, 2.24) is 16.2 Å². The van der Waals surface area contributed by atoms with E-state index in [4.69, 9.17) is 11.6 Å². The number of carbonyl (C=O) groups excluding carboxylic acids is 3. The van der Waals surface area contributed by atoms with Crippen LogP contribution in [0, 0.1) is 0 Å². The predicted molar refractivity (Wildman–Crippen MR) is 116 cm³/mol. The average Bonchev–Trinajstić information content (AvgIpc) is 2.78. The first-order chi connectivity index (χ1) is 14.5. The molecule has 0 aromatic heterocycles. The fourth-order valence-electron chi connectivity index (χ4n) is 2.72. The summed E-state index contributed by atoms with van der Waals surface area (Å²) in [6.07, 6.45) is 0.0948. The van der Waals surface area contributed by atoms with E-state index in [1.807, 2.05) is 42.5 Å². The van der Waals surface area contributed by atoms with Gasteiger partial charge in [-0.1, -0.05) is 66.2 Å². The minimum Gasteiger partial charge on any atom is -0.343 e. The summed E-state index contributed by atoms with van der Waals surface area (Å²) in [6.45, 7) is -0.263. The molecular formula is C23H20ClN3O3. The van der Waals surface area contributed by atoms with Crippen LogP contribution in [0.25, 0.3) is 11.1 Å². The molecule has 0 heterocycles. The zero-order valence-electron chi connectivity index (χ0n) is 16.0. The summed E-state index contributed by atoms with van der Waals surface area (Å²) in [5, 5.41) is 3.10. The lowest BCUT2D eigenvalue weighted by Crippen LogP contribution is -2.46. The Morgan fingerprint density at radius 1 is 0.700 bits per heavy atom. The van der Waals surface area contributed by atoms with Crippen LogP contribution in [0.1, 0.15) is 15.9 Å². The maximum atomic E-state index is 12.2. The Labute approximate surface area is 179 Å². The summed E-state index contributed by atoms with van der Waals surface area (Å²) in [6, 6.07) is 23.7. The van der Waals surface area contributed by atoms with Crippen molar-refractivity contribution < 1.29 is 14.4 Å². The first-order valence-electron chi connectivity index (χ1n) is 9.27. The van der Waals surface area contributed by atoms with Crippen LogP contribution in [0.5, 0.6) is 0 Å². The predicted octanol–water partition coefficient (Wildman–Crippen LogP) is 3.13. The third-order valence-corrected chi connectivity index (χ3v) is 4.53. The molecule has 6 nitrogen and oxygen atoms in total. The second-order valence-corrected chi connectivity index (χ2v) is 6.96. The van der Waals surface area contributed by atoms with Crippen molar-refractivity contribution >= 4 is 29.3 Å². The summed E-state index contributed by atoms with van der Waals surface area (Å²) in [7, 11) is 0. The van der Waals surface area contributed by atoms with Crippen molar-refractivity contribution in [3.63, 3.8) is 0 Å². The molecule has 0 atom stereocenters. The number of amides is 3. The molecule has 0 bridgehead atoms. The second kappa shape index (κ2) is 10.2. The third kappa shape index (κ3) is 6.18. The van der Waals surface area contributed by atoms with Gasteiger partial charge in [-0.2, -0.15) is 0 Å². The summed E-state index contributed by atoms with van der Waals surface area (Å²) < 4.78 is 0. The maximum absolute atomic E-state index is 12.2. The summed E-state index contributed by atoms with van der Waals surface area (Å²) >= 11 is 5.80. The van der Waals surface area contributed by atoms with Gasteiger partial charge in [0.2, 0.25) is 5.91 Å². The topological polar surface area (TPSA) is 87.3 Å². The zero-order chi connectivity index (χ0) is 21.3. The monoisotopic (exact) mass is 421 g/mol. The van der Waals surface area contributed by atoms with Crippen molar-refractivity contribution in [2.24, 2.45) is 0 Å². The SMILES string of the molecule is O=C(CNC(=O)c1ccc(-c2ccccc2)cc1)NNC(=O)Cc1ccc(Cl)cc1. The van der Waals surface area contributed by atoms with E-state index in [-0.39, 0.29) is 24.8 Å². The van der Waals surface area contributed by atoms with E-state index in [0.717, 1.165) is 16.7 Å². The van der Waals surface area contributed by atoms with E-state index in [1.165, 1.54) is 0 Å². The lowest BCUT2D eigenvalue weighted by molar-refractivity contribution is -0.128. The highest BCUT2D eigenvalue weighted by atomic mass is 35.5. The number of halogens is 1. The number of hydrogen-bond donors (Lipinski definition) is 3. The minimum atomic E-state index is -0.534. The van der Waals surface area contributed by atoms with Gasteiger partial charge in [0, 0.05) is 10.6 Å². The first-order valence-corrected chi connectivity index (χ1v) is 9.65. The molecule has 3 N–H and O–H groups in total. The van der Waals surface area contributed by atoms with Gasteiger partial charge < -0.3 is 5.32 Å². The van der Waals surface area contributed by atoms with E-state index in [2.05, 4.69) is 16.2 Å². The summed E-state index contributed by atoms with van der Waals surface area (Å²) in [5.74, 6) is -1.29. The van der Waals surface area contributed by atoms with Crippen LogP contribution in [0.3, 0.4) is 0 Å². The van der Waals surface area contributed by atoms with Gasteiger partial charge in [0.1, 0.15) is 0 Å². The van der Waals surface area contributed by atoms with E-state index in [1.54, 1.807) is 36.4 Å². The largest absolute Gasteiger partial charge is 0.343 e. The lowest BCUT2D eigenvalue weighted by atomic mass is 10.0. The van der Waals surface area contributed by atoms with Gasteiger partial charge in [-0.05, 0) is 41.0 Å². The minimum absolute atomic E-state index is 0.0948. The number of nitrogens with one attached hydrogen (secondary N) is 3. The van der Waals surface area contributed by atoms with Crippen LogP contribution >= 0.6 is 11.6 Å². The van der Waals surface area contributed by atoms with Crippen molar-refractivity contribution in [2.75, 3.05) is 6.54 Å². The van der Waals surface area contributed by atoms with Crippen molar-refractivity contribution in [2.45, 2.75) is 6.42 Å². The van der Waals surface area contributed by atoms with Crippen LogP contribution in [0.2, 0.25) is 5.02 Å². The Morgan fingerprint density at radius 2 is 1.30 bits per heavy atom. The molecule has 3 aromatic rings. The molecule has 0 saturated carbocycles. The van der Waals surface area contributed by atoms with E-state index in [0.29, 0.717) is 10.6 Å². The van der Waals surface area contributed by atoms with E-state index < -0.39 is 5.91 Å². The number of hydrogen-bond acceptors (Lipinski definition) is 3. The molecule has 3 aromatic carbocycles. The molecule has 0 saturated heterocycles. The number of benzene rings is 3. The van der Waals surface area contributed by atoms with Gasteiger partial charge in [0.25, 0.3) is 11.8 Å². The van der Waals surface area contributed by atoms with E-state index >= 15 is 0 Å². The normalized spacial score (nSPS) is 10.2. The maximum Gasteiger partial charge on any atom is 0.257 e. The quantitative estimate of drug-likeness (QED) is 0.534. The molecule has 0 fully saturated rings. The molecule has 0 unspecified atom stereocenters. The smallest absolute Gasteiger partial charge is 0.257 e. The van der Waals surface area contributed by atoms with Crippen LogP contribution in [0.4, 0.5) is 0 Å². The van der Waals surface area contributed by atoms with Gasteiger partial charge in [0.15, 0.2) is 0 Å². The number of rotatable bonds is 6. The van der Waals surface area contributed by atoms with Gasteiger partial charge in [-0.3, -0.25) is 25.2 Å². The average molecular weight is 422 g/mol. The molecule has 0 aliphatic heterocycles. The Kier molecular flexibility index (Phi) is 7.19. The van der Waals surface area contributed by atoms with Gasteiger partial charge in [-0.25, -0.2) is 0 Å². The molecule has 0 radical (unpaired) electrons. The fourth-order valence-corrected chi connectivity index (χ4v) is 2.85. The molecule has 0 spiro atoms. The molecule has 0 aliphatic rings. The molecule has 0 aliphatic carbocycles. The van der Waals surface area contributed by atoms with Crippen molar-refractivity contribution in [1.29, 1.82) is 0 Å². The second-order valence-electron chi connectivity index (χ2n) is 6.53.